The van der Waals surface area contributed by atoms with Crippen molar-refractivity contribution in [3.05, 3.63) is 22.7 Å². The number of amides is 1. The van der Waals surface area contributed by atoms with Gasteiger partial charge in [0, 0.05) is 31.9 Å². The minimum Gasteiger partial charge on any atom is -0.477 e. The van der Waals surface area contributed by atoms with E-state index in [1.54, 1.807) is 19.1 Å². The number of carbonyl (C=O) groups is 1. The number of fused-ring (bicyclic) bond motifs is 2. The smallest absolute Gasteiger partial charge is 0.255 e. The Morgan fingerprint density at radius 3 is 2.88 bits per heavy atom. The molecule has 1 aromatic rings. The van der Waals surface area contributed by atoms with Crippen LogP contribution in [0.4, 0.5) is 5.69 Å². The molecule has 1 aromatic carbocycles. The summed E-state index contributed by atoms with van der Waals surface area (Å²) in [4.78, 5) is 15.7. The first-order valence-electron chi connectivity index (χ1n) is 11.6. The lowest BCUT2D eigenvalue weighted by Crippen LogP contribution is -2.45. The van der Waals surface area contributed by atoms with Crippen molar-refractivity contribution in [2.45, 2.75) is 58.1 Å². The van der Waals surface area contributed by atoms with Gasteiger partial charge >= 0.3 is 0 Å². The highest BCUT2D eigenvalue weighted by atomic mass is 35.5. The highest BCUT2D eigenvalue weighted by molar-refractivity contribution is 6.33. The van der Waals surface area contributed by atoms with E-state index in [9.17, 15) is 4.79 Å². The number of anilines is 1. The molecular weight excluding hydrogens is 426 g/mol. The monoisotopic (exact) mass is 461 g/mol. The van der Waals surface area contributed by atoms with Gasteiger partial charge in [0.15, 0.2) is 6.10 Å². The molecule has 0 aliphatic carbocycles. The number of nitrogen functional groups attached to an aromatic ring is 1. The van der Waals surface area contributed by atoms with Gasteiger partial charge < -0.3 is 25.4 Å². The van der Waals surface area contributed by atoms with Crippen molar-refractivity contribution in [1.29, 1.82) is 0 Å². The van der Waals surface area contributed by atoms with Gasteiger partial charge in [-0.2, -0.15) is 0 Å². The number of carbonyl (C=O) groups excluding carboxylic acids is 1. The van der Waals surface area contributed by atoms with Gasteiger partial charge in [0.05, 0.1) is 16.3 Å². The third kappa shape index (κ3) is 7.03. The number of ether oxygens (including phenoxy) is 2. The van der Waals surface area contributed by atoms with Crippen LogP contribution in [0.25, 0.3) is 0 Å². The second kappa shape index (κ2) is 11.8. The van der Waals surface area contributed by atoms with Crippen LogP contribution in [-0.4, -0.2) is 56.3 Å². The van der Waals surface area contributed by atoms with Crippen LogP contribution in [0.2, 0.25) is 5.02 Å². The standard InChI is InChI=1S/C25H36ClN3O3/c1-4-7-17(2)32-24-13-23(27)22(26)12-21(24)25(30)28-20-11-19-10-18(15-31-16-19)8-5-6-9-29(3)14-20/h12-13,17-20H,5-6,8-11,14-16,27H2,1-3H3,(H,28,30). The van der Waals surface area contributed by atoms with E-state index in [1.807, 2.05) is 6.92 Å². The van der Waals surface area contributed by atoms with E-state index in [0.717, 1.165) is 32.7 Å². The van der Waals surface area contributed by atoms with Crippen LogP contribution < -0.4 is 15.8 Å². The van der Waals surface area contributed by atoms with E-state index in [-0.39, 0.29) is 18.1 Å². The summed E-state index contributed by atoms with van der Waals surface area (Å²) in [5, 5.41) is 3.58. The maximum absolute atomic E-state index is 13.4. The van der Waals surface area contributed by atoms with Gasteiger partial charge in [-0.05, 0) is 71.0 Å². The van der Waals surface area contributed by atoms with E-state index < -0.39 is 0 Å². The predicted molar refractivity (Wildman–Crippen MR) is 129 cm³/mol. The van der Waals surface area contributed by atoms with Crippen molar-refractivity contribution < 1.29 is 14.3 Å². The zero-order valence-corrected chi connectivity index (χ0v) is 20.2. The molecule has 1 amide bonds. The van der Waals surface area contributed by atoms with Crippen molar-refractivity contribution in [3.8, 4) is 17.6 Å². The summed E-state index contributed by atoms with van der Waals surface area (Å²) in [6.07, 6.45) is 5.32. The van der Waals surface area contributed by atoms with E-state index in [1.165, 1.54) is 25.7 Å². The topological polar surface area (TPSA) is 76.8 Å². The number of nitrogens with one attached hydrogen (secondary N) is 1. The average molecular weight is 462 g/mol. The minimum atomic E-state index is -0.369. The molecule has 4 unspecified atom stereocenters. The normalized spacial score (nSPS) is 25.6. The summed E-state index contributed by atoms with van der Waals surface area (Å²) < 4.78 is 11.8. The zero-order valence-electron chi connectivity index (χ0n) is 19.5. The molecule has 4 atom stereocenters. The molecule has 2 fully saturated rings. The Kier molecular flexibility index (Phi) is 9.10. The quantitative estimate of drug-likeness (QED) is 0.524. The van der Waals surface area contributed by atoms with Crippen molar-refractivity contribution in [1.82, 2.24) is 10.2 Å². The molecule has 6 nitrogen and oxygen atoms in total. The maximum atomic E-state index is 13.4. The van der Waals surface area contributed by atoms with Crippen molar-refractivity contribution >= 4 is 23.2 Å². The predicted octanol–water partition coefficient (Wildman–Crippen LogP) is 3.97. The molecule has 2 aliphatic rings. The molecule has 0 spiro atoms. The van der Waals surface area contributed by atoms with Gasteiger partial charge in [-0.25, -0.2) is 0 Å². The number of hydrogen-bond acceptors (Lipinski definition) is 5. The second-order valence-corrected chi connectivity index (χ2v) is 9.60. The third-order valence-corrected chi connectivity index (χ3v) is 6.58. The molecule has 2 bridgehead atoms. The number of nitrogens with two attached hydrogens (primary N) is 1. The van der Waals surface area contributed by atoms with Crippen LogP contribution >= 0.6 is 11.6 Å². The molecule has 32 heavy (non-hydrogen) atoms. The fourth-order valence-electron chi connectivity index (χ4n) is 4.77. The largest absolute Gasteiger partial charge is 0.477 e. The van der Waals surface area contributed by atoms with Crippen LogP contribution in [0.1, 0.15) is 56.3 Å². The number of hydrogen-bond donors (Lipinski definition) is 2. The van der Waals surface area contributed by atoms with Gasteiger partial charge in [0.2, 0.25) is 0 Å². The first-order chi connectivity index (χ1) is 15.4. The van der Waals surface area contributed by atoms with E-state index >= 15 is 0 Å². The summed E-state index contributed by atoms with van der Waals surface area (Å²) in [6, 6.07) is 3.20. The maximum Gasteiger partial charge on any atom is 0.255 e. The summed E-state index contributed by atoms with van der Waals surface area (Å²) >= 11 is 6.26. The molecule has 2 heterocycles. The van der Waals surface area contributed by atoms with E-state index in [0.29, 0.717) is 33.9 Å². The lowest BCUT2D eigenvalue weighted by atomic mass is 9.86. The summed E-state index contributed by atoms with van der Waals surface area (Å²) in [7, 11) is 2.12. The van der Waals surface area contributed by atoms with Gasteiger partial charge in [0.25, 0.3) is 5.91 Å². The van der Waals surface area contributed by atoms with Crippen molar-refractivity contribution in [3.63, 3.8) is 0 Å². The number of nitrogens with zero attached hydrogens (tertiary/aromatic N) is 1. The van der Waals surface area contributed by atoms with E-state index in [2.05, 4.69) is 29.1 Å². The highest BCUT2D eigenvalue weighted by Crippen LogP contribution is 2.31. The molecule has 0 aromatic heterocycles. The van der Waals surface area contributed by atoms with Crippen LogP contribution in [-0.2, 0) is 4.74 Å². The SMILES string of the molecule is CC#CC(C)Oc1cc(N)c(Cl)cc1C(=O)NC1CC2COCC(CCCCN(C)C1)C2. The molecule has 176 valence electrons. The summed E-state index contributed by atoms with van der Waals surface area (Å²) in [5.74, 6) is 7.04. The van der Waals surface area contributed by atoms with Gasteiger partial charge in [-0.15, -0.1) is 5.92 Å². The number of benzene rings is 1. The first kappa shape index (κ1) is 24.7. The van der Waals surface area contributed by atoms with Gasteiger partial charge in [-0.3, -0.25) is 4.79 Å². The molecule has 0 saturated carbocycles. The Hall–Kier alpha value is -1.94. The molecule has 0 radical (unpaired) electrons. The average Bonchev–Trinajstić information content (AvgIpc) is 2.75. The van der Waals surface area contributed by atoms with Crippen LogP contribution in [0.15, 0.2) is 12.1 Å². The fourth-order valence-corrected chi connectivity index (χ4v) is 4.93. The molecule has 3 N–H and O–H groups in total. The number of likely N-dealkylation sites (N-methyl/N-ethyl adjacent to an activating group) is 1. The van der Waals surface area contributed by atoms with Crippen molar-refractivity contribution in [2.24, 2.45) is 11.8 Å². The number of halogens is 1. The number of rotatable bonds is 4. The van der Waals surface area contributed by atoms with Crippen molar-refractivity contribution in [2.75, 3.05) is 39.1 Å². The van der Waals surface area contributed by atoms with Crippen LogP contribution in [0, 0.1) is 23.7 Å². The Morgan fingerprint density at radius 1 is 1.31 bits per heavy atom. The lowest BCUT2D eigenvalue weighted by molar-refractivity contribution is 0.00605. The molecule has 2 aliphatic heterocycles. The van der Waals surface area contributed by atoms with Crippen LogP contribution in [0.5, 0.6) is 5.75 Å². The molecule has 7 heteroatoms. The second-order valence-electron chi connectivity index (χ2n) is 9.19. The molecular formula is C25H36ClN3O3. The van der Waals surface area contributed by atoms with E-state index in [4.69, 9.17) is 26.8 Å². The fraction of sp³-hybridized carbons (Fsp3) is 0.640. The summed E-state index contributed by atoms with van der Waals surface area (Å²) in [5.41, 5.74) is 6.73. The first-order valence-corrected chi connectivity index (χ1v) is 12.0. The summed E-state index contributed by atoms with van der Waals surface area (Å²) in [6.45, 7) is 7.04. The Morgan fingerprint density at radius 2 is 2.09 bits per heavy atom. The van der Waals surface area contributed by atoms with Gasteiger partial charge in [0.1, 0.15) is 5.75 Å². The zero-order chi connectivity index (χ0) is 23.1. The minimum absolute atomic E-state index is 0.00925. The third-order valence-electron chi connectivity index (χ3n) is 6.26. The lowest BCUT2D eigenvalue weighted by Gasteiger charge is -2.32. The molecule has 2 saturated heterocycles. The highest BCUT2D eigenvalue weighted by Gasteiger charge is 2.28. The van der Waals surface area contributed by atoms with Crippen LogP contribution in [0.3, 0.4) is 0 Å². The Balaban J connectivity index is 1.79. The Labute approximate surface area is 197 Å². The Bertz CT molecular complexity index is 851. The molecule has 3 rings (SSSR count). The van der Waals surface area contributed by atoms with Gasteiger partial charge in [-0.1, -0.05) is 23.9 Å².